The number of carbonyl (C=O) groups excluding carboxylic acids is 1. The summed E-state index contributed by atoms with van der Waals surface area (Å²) in [5, 5.41) is 2.00. The first-order valence-electron chi connectivity index (χ1n) is 10.00. The standard InChI is InChI=1S/C24H21FN2O3/c25-17-5-7-18(8-6-17)26-11-13-27(14-12-26)24(28)16-29-19-9-10-23-21(15-19)20-3-1-2-4-22(20)30-23/h1-10,15H,11-14,16H2. The van der Waals surface area contributed by atoms with Crippen LogP contribution in [0.1, 0.15) is 0 Å². The van der Waals surface area contributed by atoms with Crippen LogP contribution in [0.25, 0.3) is 21.9 Å². The molecule has 30 heavy (non-hydrogen) atoms. The Kier molecular flexibility index (Phi) is 4.75. The van der Waals surface area contributed by atoms with Gasteiger partial charge in [0.1, 0.15) is 22.7 Å². The number of rotatable bonds is 4. The number of para-hydroxylation sites is 1. The number of halogens is 1. The van der Waals surface area contributed by atoms with Crippen LogP contribution in [0.5, 0.6) is 5.75 Å². The first-order chi connectivity index (χ1) is 14.7. The molecule has 5 nitrogen and oxygen atoms in total. The molecule has 0 bridgehead atoms. The molecule has 0 radical (unpaired) electrons. The lowest BCUT2D eigenvalue weighted by Crippen LogP contribution is -2.50. The van der Waals surface area contributed by atoms with Crippen molar-refractivity contribution in [1.29, 1.82) is 0 Å². The van der Waals surface area contributed by atoms with E-state index in [4.69, 9.17) is 9.15 Å². The first-order valence-corrected chi connectivity index (χ1v) is 10.00. The highest BCUT2D eigenvalue weighted by atomic mass is 19.1. The van der Waals surface area contributed by atoms with Crippen LogP contribution in [0, 0.1) is 5.82 Å². The molecule has 4 aromatic rings. The number of amides is 1. The van der Waals surface area contributed by atoms with Crippen LogP contribution < -0.4 is 9.64 Å². The van der Waals surface area contributed by atoms with E-state index < -0.39 is 0 Å². The number of nitrogens with zero attached hydrogens (tertiary/aromatic N) is 2. The van der Waals surface area contributed by atoms with E-state index in [1.165, 1.54) is 12.1 Å². The summed E-state index contributed by atoms with van der Waals surface area (Å²) in [4.78, 5) is 16.6. The van der Waals surface area contributed by atoms with E-state index in [9.17, 15) is 9.18 Å². The molecule has 2 heterocycles. The minimum atomic E-state index is -0.244. The van der Waals surface area contributed by atoms with Crippen molar-refractivity contribution in [2.24, 2.45) is 0 Å². The zero-order valence-corrected chi connectivity index (χ0v) is 16.4. The number of hydrogen-bond donors (Lipinski definition) is 0. The largest absolute Gasteiger partial charge is 0.484 e. The average Bonchev–Trinajstić information content (AvgIpc) is 3.16. The van der Waals surface area contributed by atoms with Gasteiger partial charge in [0.2, 0.25) is 0 Å². The van der Waals surface area contributed by atoms with Crippen molar-refractivity contribution in [3.63, 3.8) is 0 Å². The quantitative estimate of drug-likeness (QED) is 0.504. The molecule has 0 atom stereocenters. The molecular weight excluding hydrogens is 383 g/mol. The van der Waals surface area contributed by atoms with Gasteiger partial charge in [0.15, 0.2) is 6.61 Å². The Hall–Kier alpha value is -3.54. The van der Waals surface area contributed by atoms with Gasteiger partial charge in [-0.05, 0) is 48.5 Å². The third-order valence-electron chi connectivity index (χ3n) is 5.53. The molecule has 152 valence electrons. The number of piperazine rings is 1. The smallest absolute Gasteiger partial charge is 0.260 e. The van der Waals surface area contributed by atoms with E-state index in [1.807, 2.05) is 47.4 Å². The highest BCUT2D eigenvalue weighted by Gasteiger charge is 2.21. The SMILES string of the molecule is O=C(COc1ccc2oc3ccccc3c2c1)N1CCN(c2ccc(F)cc2)CC1. The number of ether oxygens (including phenoxy) is 1. The minimum Gasteiger partial charge on any atom is -0.484 e. The van der Waals surface area contributed by atoms with Crippen LogP contribution in [-0.4, -0.2) is 43.6 Å². The Balaban J connectivity index is 1.20. The van der Waals surface area contributed by atoms with Crippen molar-refractivity contribution < 1.29 is 18.3 Å². The molecule has 1 aliphatic heterocycles. The molecule has 0 spiro atoms. The molecule has 1 saturated heterocycles. The Labute approximate surface area is 173 Å². The molecule has 1 fully saturated rings. The molecule has 0 saturated carbocycles. The molecule has 0 N–H and O–H groups in total. The number of anilines is 1. The topological polar surface area (TPSA) is 45.9 Å². The van der Waals surface area contributed by atoms with Crippen molar-refractivity contribution >= 4 is 33.5 Å². The average molecular weight is 404 g/mol. The van der Waals surface area contributed by atoms with E-state index in [2.05, 4.69) is 4.90 Å². The number of benzene rings is 3. The molecule has 1 amide bonds. The normalized spacial score (nSPS) is 14.4. The molecular formula is C24H21FN2O3. The Morgan fingerprint density at radius 1 is 0.900 bits per heavy atom. The molecule has 0 unspecified atom stereocenters. The summed E-state index contributed by atoms with van der Waals surface area (Å²) in [6, 6.07) is 19.9. The fourth-order valence-electron chi connectivity index (χ4n) is 3.90. The second kappa shape index (κ2) is 7.71. The fraction of sp³-hybridized carbons (Fsp3) is 0.208. The summed E-state index contributed by atoms with van der Waals surface area (Å²) in [7, 11) is 0. The van der Waals surface area contributed by atoms with Gasteiger partial charge in [-0.2, -0.15) is 0 Å². The van der Waals surface area contributed by atoms with Gasteiger partial charge in [0.25, 0.3) is 5.91 Å². The monoisotopic (exact) mass is 404 g/mol. The third kappa shape index (κ3) is 3.56. The van der Waals surface area contributed by atoms with Crippen molar-refractivity contribution in [2.45, 2.75) is 0 Å². The van der Waals surface area contributed by atoms with Gasteiger partial charge < -0.3 is 19.0 Å². The molecule has 1 aliphatic rings. The van der Waals surface area contributed by atoms with Crippen LogP contribution >= 0.6 is 0 Å². The lowest BCUT2D eigenvalue weighted by Gasteiger charge is -2.36. The third-order valence-corrected chi connectivity index (χ3v) is 5.53. The summed E-state index contributed by atoms with van der Waals surface area (Å²) in [5.41, 5.74) is 2.60. The van der Waals surface area contributed by atoms with Gasteiger partial charge in [-0.1, -0.05) is 18.2 Å². The lowest BCUT2D eigenvalue weighted by molar-refractivity contribution is -0.133. The zero-order valence-electron chi connectivity index (χ0n) is 16.4. The van der Waals surface area contributed by atoms with Gasteiger partial charge in [0.05, 0.1) is 0 Å². The van der Waals surface area contributed by atoms with Gasteiger partial charge in [-0.15, -0.1) is 0 Å². The number of fused-ring (bicyclic) bond motifs is 3. The predicted molar refractivity (Wildman–Crippen MR) is 114 cm³/mol. The van der Waals surface area contributed by atoms with Crippen LogP contribution in [0.15, 0.2) is 71.1 Å². The van der Waals surface area contributed by atoms with Crippen molar-refractivity contribution in [2.75, 3.05) is 37.7 Å². The van der Waals surface area contributed by atoms with Gasteiger partial charge in [-0.25, -0.2) is 4.39 Å². The summed E-state index contributed by atoms with van der Waals surface area (Å²) in [6.45, 7) is 2.66. The first kappa shape index (κ1) is 18.5. The minimum absolute atomic E-state index is 0.00214. The molecule has 6 heteroatoms. The summed E-state index contributed by atoms with van der Waals surface area (Å²) < 4.78 is 24.7. The highest BCUT2D eigenvalue weighted by Crippen LogP contribution is 2.31. The summed E-state index contributed by atoms with van der Waals surface area (Å²) in [6.07, 6.45) is 0. The van der Waals surface area contributed by atoms with Gasteiger partial charge in [0, 0.05) is 42.6 Å². The molecule has 0 aliphatic carbocycles. The van der Waals surface area contributed by atoms with Crippen LogP contribution in [0.3, 0.4) is 0 Å². The van der Waals surface area contributed by atoms with Crippen LogP contribution in [-0.2, 0) is 4.79 Å². The number of furan rings is 1. The molecule has 1 aromatic heterocycles. The highest BCUT2D eigenvalue weighted by molar-refractivity contribution is 6.05. The second-order valence-electron chi connectivity index (χ2n) is 7.39. The van der Waals surface area contributed by atoms with E-state index in [0.717, 1.165) is 27.6 Å². The van der Waals surface area contributed by atoms with E-state index in [-0.39, 0.29) is 18.3 Å². The maximum Gasteiger partial charge on any atom is 0.260 e. The summed E-state index contributed by atoms with van der Waals surface area (Å²) in [5.74, 6) is 0.365. The predicted octanol–water partition coefficient (Wildman–Crippen LogP) is 4.45. The second-order valence-corrected chi connectivity index (χ2v) is 7.39. The van der Waals surface area contributed by atoms with E-state index >= 15 is 0 Å². The Morgan fingerprint density at radius 3 is 2.43 bits per heavy atom. The van der Waals surface area contributed by atoms with E-state index in [1.54, 1.807) is 12.1 Å². The number of hydrogen-bond acceptors (Lipinski definition) is 4. The van der Waals surface area contributed by atoms with E-state index in [0.29, 0.717) is 31.9 Å². The van der Waals surface area contributed by atoms with Crippen LogP contribution in [0.4, 0.5) is 10.1 Å². The van der Waals surface area contributed by atoms with Crippen molar-refractivity contribution in [3.8, 4) is 5.75 Å². The van der Waals surface area contributed by atoms with Gasteiger partial charge >= 0.3 is 0 Å². The maximum atomic E-state index is 13.1. The van der Waals surface area contributed by atoms with Crippen molar-refractivity contribution in [3.05, 3.63) is 72.5 Å². The molecule has 3 aromatic carbocycles. The summed E-state index contributed by atoms with van der Waals surface area (Å²) >= 11 is 0. The van der Waals surface area contributed by atoms with Gasteiger partial charge in [-0.3, -0.25) is 4.79 Å². The number of carbonyl (C=O) groups is 1. The lowest BCUT2D eigenvalue weighted by atomic mass is 10.1. The molecule has 5 rings (SSSR count). The van der Waals surface area contributed by atoms with Crippen LogP contribution in [0.2, 0.25) is 0 Å². The zero-order chi connectivity index (χ0) is 20.5. The Bertz CT molecular complexity index is 1190. The fourth-order valence-corrected chi connectivity index (χ4v) is 3.90. The van der Waals surface area contributed by atoms with Crippen molar-refractivity contribution in [1.82, 2.24) is 4.90 Å². The maximum absolute atomic E-state index is 13.1. The Morgan fingerprint density at radius 2 is 1.63 bits per heavy atom.